The van der Waals surface area contributed by atoms with Crippen molar-refractivity contribution in [2.24, 2.45) is 0 Å². The molecule has 0 fully saturated rings. The van der Waals surface area contributed by atoms with Crippen LogP contribution < -0.4 is 15.5 Å². The van der Waals surface area contributed by atoms with Crippen molar-refractivity contribution < 1.29 is 9.59 Å². The molecule has 154 valence electrons. The van der Waals surface area contributed by atoms with Crippen LogP contribution in [0.3, 0.4) is 0 Å². The lowest BCUT2D eigenvalue weighted by atomic mass is 10.1. The van der Waals surface area contributed by atoms with Crippen molar-refractivity contribution in [3.63, 3.8) is 0 Å². The average Bonchev–Trinajstić information content (AvgIpc) is 2.91. The maximum atomic E-state index is 13.6. The molecule has 1 aliphatic heterocycles. The molecule has 2 amide bonds. The van der Waals surface area contributed by atoms with Crippen molar-refractivity contribution in [2.45, 2.75) is 38.4 Å². The fourth-order valence-electron chi connectivity index (χ4n) is 3.92. The molecule has 6 nitrogen and oxygen atoms in total. The number of nitrogens with one attached hydrogen (secondary N) is 2. The molecule has 3 aromatic rings. The molecule has 0 saturated heterocycles. The number of carbonyl (C=O) groups is 2. The van der Waals surface area contributed by atoms with E-state index in [-0.39, 0.29) is 17.9 Å². The van der Waals surface area contributed by atoms with Crippen LogP contribution in [-0.4, -0.2) is 35.9 Å². The summed E-state index contributed by atoms with van der Waals surface area (Å²) in [5, 5.41) is 6.90. The summed E-state index contributed by atoms with van der Waals surface area (Å²) in [6, 6.07) is 17.0. The van der Waals surface area contributed by atoms with E-state index in [0.717, 1.165) is 34.1 Å². The van der Waals surface area contributed by atoms with Crippen molar-refractivity contribution >= 4 is 28.4 Å². The Labute approximate surface area is 176 Å². The summed E-state index contributed by atoms with van der Waals surface area (Å²) in [6.07, 6.45) is 3.08. The molecule has 30 heavy (non-hydrogen) atoms. The molecular weight excluding hydrogens is 376 g/mol. The number of para-hydroxylation sites is 1. The first-order valence-corrected chi connectivity index (χ1v) is 10.3. The Morgan fingerprint density at radius 3 is 2.83 bits per heavy atom. The second-order valence-corrected chi connectivity index (χ2v) is 7.65. The Hall–Kier alpha value is -3.25. The van der Waals surface area contributed by atoms with Crippen LogP contribution in [0.4, 0.5) is 5.69 Å². The highest BCUT2D eigenvalue weighted by molar-refractivity contribution is 6.01. The predicted octanol–water partition coefficient (Wildman–Crippen LogP) is 2.81. The summed E-state index contributed by atoms with van der Waals surface area (Å²) in [5.74, 6) is -0.256. The molecule has 6 heteroatoms. The first-order chi connectivity index (χ1) is 14.6. The van der Waals surface area contributed by atoms with Gasteiger partial charge in [0.2, 0.25) is 11.8 Å². The van der Waals surface area contributed by atoms with Gasteiger partial charge in [0.05, 0.1) is 18.1 Å². The Bertz CT molecular complexity index is 1080. The summed E-state index contributed by atoms with van der Waals surface area (Å²) < 4.78 is 0. The van der Waals surface area contributed by atoms with E-state index in [1.165, 1.54) is 0 Å². The van der Waals surface area contributed by atoms with E-state index in [1.807, 2.05) is 48.5 Å². The quantitative estimate of drug-likeness (QED) is 0.688. The van der Waals surface area contributed by atoms with E-state index in [9.17, 15) is 9.59 Å². The Balaban J connectivity index is 1.70. The number of hydrogen-bond acceptors (Lipinski definition) is 4. The van der Waals surface area contributed by atoms with Gasteiger partial charge in [-0.1, -0.05) is 36.4 Å². The summed E-state index contributed by atoms with van der Waals surface area (Å²) in [5.41, 5.74) is 3.95. The van der Waals surface area contributed by atoms with Gasteiger partial charge in [0, 0.05) is 17.3 Å². The molecule has 2 N–H and O–H groups in total. The molecule has 0 saturated carbocycles. The van der Waals surface area contributed by atoms with Gasteiger partial charge >= 0.3 is 0 Å². The number of aryl methyl sites for hydroxylation is 1. The zero-order valence-corrected chi connectivity index (χ0v) is 17.3. The van der Waals surface area contributed by atoms with Gasteiger partial charge in [-0.2, -0.15) is 0 Å². The molecule has 2 aromatic carbocycles. The standard InChI is InChI=1S/C24H26N4O2/c1-16(25-2)23(29)27-21-13-12-17-7-3-4-11-22(17)28(24(21)30)15-18-8-5-10-20-19(18)9-6-14-26-20/h3-11,14,16,21,25H,12-13,15H2,1-2H3,(H,27,29)/t16?,21-/m0/s1. The number of aromatic nitrogens is 1. The van der Waals surface area contributed by atoms with Crippen molar-refractivity contribution in [3.8, 4) is 0 Å². The molecule has 0 aliphatic carbocycles. The zero-order chi connectivity index (χ0) is 21.1. The largest absolute Gasteiger partial charge is 0.343 e. The van der Waals surface area contributed by atoms with Gasteiger partial charge in [-0.3, -0.25) is 14.6 Å². The fourth-order valence-corrected chi connectivity index (χ4v) is 3.92. The minimum atomic E-state index is -0.561. The summed E-state index contributed by atoms with van der Waals surface area (Å²) >= 11 is 0. The molecule has 1 unspecified atom stereocenters. The normalized spacial score (nSPS) is 17.3. The highest BCUT2D eigenvalue weighted by Crippen LogP contribution is 2.30. The number of likely N-dealkylation sites (N-methyl/N-ethyl adjacent to an activating group) is 1. The number of pyridine rings is 1. The zero-order valence-electron chi connectivity index (χ0n) is 17.3. The van der Waals surface area contributed by atoms with Gasteiger partial charge in [0.25, 0.3) is 0 Å². The second-order valence-electron chi connectivity index (χ2n) is 7.65. The van der Waals surface area contributed by atoms with Crippen LogP contribution in [-0.2, 0) is 22.6 Å². The van der Waals surface area contributed by atoms with Crippen LogP contribution in [0.15, 0.2) is 60.8 Å². The molecule has 0 radical (unpaired) electrons. The van der Waals surface area contributed by atoms with E-state index in [1.54, 1.807) is 25.1 Å². The highest BCUT2D eigenvalue weighted by Gasteiger charge is 2.32. The van der Waals surface area contributed by atoms with Gasteiger partial charge in [-0.25, -0.2) is 0 Å². The monoisotopic (exact) mass is 402 g/mol. The number of nitrogens with zero attached hydrogens (tertiary/aromatic N) is 2. The van der Waals surface area contributed by atoms with Crippen molar-refractivity contribution in [3.05, 3.63) is 71.9 Å². The van der Waals surface area contributed by atoms with Crippen molar-refractivity contribution in [1.82, 2.24) is 15.6 Å². The van der Waals surface area contributed by atoms with E-state index in [4.69, 9.17) is 0 Å². The second kappa shape index (κ2) is 8.63. The van der Waals surface area contributed by atoms with Gasteiger partial charge < -0.3 is 15.5 Å². The summed E-state index contributed by atoms with van der Waals surface area (Å²) in [4.78, 5) is 32.3. The SMILES string of the molecule is CNC(C)C(=O)N[C@H]1CCc2ccccc2N(Cc2cccc3ncccc23)C1=O. The lowest BCUT2D eigenvalue weighted by Crippen LogP contribution is -2.52. The molecule has 0 spiro atoms. The minimum absolute atomic E-state index is 0.0857. The maximum Gasteiger partial charge on any atom is 0.249 e. The van der Waals surface area contributed by atoms with E-state index in [2.05, 4.69) is 21.7 Å². The number of carbonyl (C=O) groups excluding carboxylic acids is 2. The first kappa shape index (κ1) is 20.0. The lowest BCUT2D eigenvalue weighted by molar-refractivity contribution is -0.128. The van der Waals surface area contributed by atoms with Crippen LogP contribution in [0.25, 0.3) is 10.9 Å². The smallest absolute Gasteiger partial charge is 0.249 e. The number of hydrogen-bond donors (Lipinski definition) is 2. The Morgan fingerprint density at radius 1 is 1.17 bits per heavy atom. The summed E-state index contributed by atoms with van der Waals surface area (Å²) in [7, 11) is 1.73. The Morgan fingerprint density at radius 2 is 2.00 bits per heavy atom. The van der Waals surface area contributed by atoms with Crippen LogP contribution >= 0.6 is 0 Å². The molecule has 2 atom stereocenters. The third-order valence-corrected chi connectivity index (χ3v) is 5.76. The highest BCUT2D eigenvalue weighted by atomic mass is 16.2. The third-order valence-electron chi connectivity index (χ3n) is 5.76. The summed E-state index contributed by atoms with van der Waals surface area (Å²) in [6.45, 7) is 2.21. The number of benzene rings is 2. The fraction of sp³-hybridized carbons (Fsp3) is 0.292. The Kier molecular flexibility index (Phi) is 5.77. The van der Waals surface area contributed by atoms with Gasteiger partial charge in [0.1, 0.15) is 6.04 Å². The number of amides is 2. The number of rotatable bonds is 5. The van der Waals surface area contributed by atoms with Crippen LogP contribution in [0.5, 0.6) is 0 Å². The van der Waals surface area contributed by atoms with E-state index >= 15 is 0 Å². The van der Waals surface area contributed by atoms with Crippen molar-refractivity contribution in [2.75, 3.05) is 11.9 Å². The first-order valence-electron chi connectivity index (χ1n) is 10.3. The lowest BCUT2D eigenvalue weighted by Gasteiger charge is -2.27. The van der Waals surface area contributed by atoms with Crippen LogP contribution in [0, 0.1) is 0 Å². The predicted molar refractivity (Wildman–Crippen MR) is 118 cm³/mol. The molecule has 2 heterocycles. The van der Waals surface area contributed by atoms with Gasteiger partial charge in [0.15, 0.2) is 0 Å². The van der Waals surface area contributed by atoms with Crippen LogP contribution in [0.1, 0.15) is 24.5 Å². The molecule has 0 bridgehead atoms. The minimum Gasteiger partial charge on any atom is -0.343 e. The van der Waals surface area contributed by atoms with Crippen LogP contribution in [0.2, 0.25) is 0 Å². The molecule has 1 aromatic heterocycles. The van der Waals surface area contributed by atoms with Crippen molar-refractivity contribution in [1.29, 1.82) is 0 Å². The topological polar surface area (TPSA) is 74.3 Å². The average molecular weight is 402 g/mol. The molecule has 4 rings (SSSR count). The third kappa shape index (κ3) is 3.91. The maximum absolute atomic E-state index is 13.6. The van der Waals surface area contributed by atoms with Gasteiger partial charge in [-0.05, 0) is 56.1 Å². The number of anilines is 1. The number of fused-ring (bicyclic) bond motifs is 2. The molecular formula is C24H26N4O2. The molecule has 1 aliphatic rings. The van der Waals surface area contributed by atoms with E-state index in [0.29, 0.717) is 13.0 Å². The van der Waals surface area contributed by atoms with E-state index < -0.39 is 6.04 Å². The van der Waals surface area contributed by atoms with Gasteiger partial charge in [-0.15, -0.1) is 0 Å².